The number of carbonyl (C=O) groups excluding carboxylic acids is 1. The maximum atomic E-state index is 12.2. The predicted octanol–water partition coefficient (Wildman–Crippen LogP) is 2.10. The molecule has 1 unspecified atom stereocenters. The van der Waals surface area contributed by atoms with Crippen LogP contribution < -0.4 is 10.5 Å². The summed E-state index contributed by atoms with van der Waals surface area (Å²) in [6, 6.07) is 6.52. The molecule has 0 saturated carbocycles. The number of rotatable bonds is 3. The molecule has 0 aliphatic rings. The topological polar surface area (TPSA) is 85.3 Å². The number of nitrogens with one attached hydrogen (secondary N) is 1. The number of aryl methyl sites for hydroxylation is 2. The van der Waals surface area contributed by atoms with E-state index in [9.17, 15) is 9.00 Å². The molecule has 3 N–H and O–H groups in total. The summed E-state index contributed by atoms with van der Waals surface area (Å²) < 4.78 is 16.9. The third-order valence-corrected chi connectivity index (χ3v) is 3.93. The van der Waals surface area contributed by atoms with Crippen molar-refractivity contribution in [2.24, 2.45) is 5.14 Å². The Morgan fingerprint density at radius 2 is 2.10 bits per heavy atom. The molecular formula is C14H16N2O3S. The Kier molecular flexibility index (Phi) is 3.69. The SMILES string of the molecule is C=S(N)(=O)c1cccc(NC(=O)c2c(C)coc2C)c1. The Labute approximate surface area is 117 Å². The van der Waals surface area contributed by atoms with Crippen molar-refractivity contribution in [3.8, 4) is 0 Å². The second kappa shape index (κ2) is 5.15. The van der Waals surface area contributed by atoms with Gasteiger partial charge in [0.15, 0.2) is 0 Å². The van der Waals surface area contributed by atoms with Crippen LogP contribution in [0.4, 0.5) is 5.69 Å². The largest absolute Gasteiger partial charge is 0.469 e. The molecular weight excluding hydrogens is 276 g/mol. The van der Waals surface area contributed by atoms with Gasteiger partial charge in [-0.1, -0.05) is 6.07 Å². The zero-order valence-electron chi connectivity index (χ0n) is 11.3. The van der Waals surface area contributed by atoms with Crippen LogP contribution >= 0.6 is 0 Å². The molecule has 1 aromatic carbocycles. The summed E-state index contributed by atoms with van der Waals surface area (Å²) in [5.74, 6) is 3.69. The zero-order valence-corrected chi connectivity index (χ0v) is 12.1. The standard InChI is InChI=1S/C14H16N2O3S/c1-9-8-19-10(2)13(9)14(17)16-11-5-4-6-12(7-11)20(3,15)18/h4-8H,3H2,1-2H3,(H2,15,18)(H,16,17). The van der Waals surface area contributed by atoms with Gasteiger partial charge >= 0.3 is 0 Å². The van der Waals surface area contributed by atoms with Gasteiger partial charge in [-0.2, -0.15) is 0 Å². The Hall–Kier alpha value is -2.05. The van der Waals surface area contributed by atoms with E-state index in [1.165, 1.54) is 6.26 Å². The fraction of sp³-hybridized carbons (Fsp3) is 0.143. The molecule has 2 aromatic rings. The normalized spacial score (nSPS) is 13.8. The van der Waals surface area contributed by atoms with E-state index in [0.29, 0.717) is 21.9 Å². The summed E-state index contributed by atoms with van der Waals surface area (Å²) in [4.78, 5) is 12.6. The van der Waals surface area contributed by atoms with Gasteiger partial charge < -0.3 is 9.73 Å². The van der Waals surface area contributed by atoms with Crippen LogP contribution in [-0.2, 0) is 9.71 Å². The molecule has 0 bridgehead atoms. The number of hydrogen-bond donors (Lipinski definition) is 2. The van der Waals surface area contributed by atoms with Gasteiger partial charge in [-0.05, 0) is 37.9 Å². The summed E-state index contributed by atoms with van der Waals surface area (Å²) >= 11 is 0. The van der Waals surface area contributed by atoms with E-state index < -0.39 is 9.71 Å². The van der Waals surface area contributed by atoms with Gasteiger partial charge in [0.05, 0.1) is 21.5 Å². The van der Waals surface area contributed by atoms with Crippen LogP contribution in [0.5, 0.6) is 0 Å². The summed E-state index contributed by atoms with van der Waals surface area (Å²) in [5.41, 5.74) is 1.77. The first-order valence-electron chi connectivity index (χ1n) is 5.90. The van der Waals surface area contributed by atoms with Gasteiger partial charge in [0.25, 0.3) is 5.91 Å². The molecule has 0 radical (unpaired) electrons. The average Bonchev–Trinajstić information content (AvgIpc) is 2.68. The minimum atomic E-state index is -2.80. The number of amides is 1. The van der Waals surface area contributed by atoms with Crippen LogP contribution in [0.2, 0.25) is 0 Å². The first-order valence-corrected chi connectivity index (χ1v) is 7.69. The Bertz CT molecular complexity index is 741. The maximum Gasteiger partial charge on any atom is 0.259 e. The maximum absolute atomic E-state index is 12.2. The van der Waals surface area contributed by atoms with E-state index in [1.54, 1.807) is 38.1 Å². The summed E-state index contributed by atoms with van der Waals surface area (Å²) in [6.45, 7) is 3.52. The minimum Gasteiger partial charge on any atom is -0.469 e. The van der Waals surface area contributed by atoms with E-state index in [-0.39, 0.29) is 5.91 Å². The Morgan fingerprint density at radius 3 is 2.65 bits per heavy atom. The molecule has 0 saturated heterocycles. The molecule has 0 aliphatic carbocycles. The van der Waals surface area contributed by atoms with Crippen molar-refractivity contribution in [2.45, 2.75) is 18.7 Å². The van der Waals surface area contributed by atoms with Gasteiger partial charge in [0, 0.05) is 16.1 Å². The fourth-order valence-electron chi connectivity index (χ4n) is 1.89. The van der Waals surface area contributed by atoms with Crippen molar-refractivity contribution >= 4 is 27.2 Å². The van der Waals surface area contributed by atoms with Gasteiger partial charge in [0.1, 0.15) is 5.76 Å². The fourth-order valence-corrected chi connectivity index (χ4v) is 2.53. The molecule has 1 atom stereocenters. The highest BCUT2D eigenvalue weighted by molar-refractivity contribution is 7.98. The first-order chi connectivity index (χ1) is 9.29. The van der Waals surface area contributed by atoms with Crippen molar-refractivity contribution in [3.63, 3.8) is 0 Å². The molecule has 0 fully saturated rings. The van der Waals surface area contributed by atoms with Crippen molar-refractivity contribution in [3.05, 3.63) is 47.4 Å². The number of benzene rings is 1. The molecule has 6 heteroatoms. The van der Waals surface area contributed by atoms with Crippen molar-refractivity contribution in [1.82, 2.24) is 0 Å². The van der Waals surface area contributed by atoms with E-state index in [1.807, 2.05) is 0 Å². The quantitative estimate of drug-likeness (QED) is 0.849. The smallest absolute Gasteiger partial charge is 0.259 e. The van der Waals surface area contributed by atoms with E-state index in [4.69, 9.17) is 9.56 Å². The highest BCUT2D eigenvalue weighted by Gasteiger charge is 2.16. The second-order valence-corrected chi connectivity index (χ2v) is 6.48. The summed E-state index contributed by atoms with van der Waals surface area (Å²) in [7, 11) is -2.80. The van der Waals surface area contributed by atoms with E-state index >= 15 is 0 Å². The number of hydrogen-bond acceptors (Lipinski definition) is 3. The van der Waals surface area contributed by atoms with Gasteiger partial charge in [-0.15, -0.1) is 0 Å². The third kappa shape index (κ3) is 2.92. The van der Waals surface area contributed by atoms with Crippen LogP contribution in [0.25, 0.3) is 0 Å². The molecule has 2 rings (SSSR count). The average molecular weight is 292 g/mol. The van der Waals surface area contributed by atoms with Crippen molar-refractivity contribution in [2.75, 3.05) is 5.32 Å². The van der Waals surface area contributed by atoms with Crippen molar-refractivity contribution in [1.29, 1.82) is 0 Å². The van der Waals surface area contributed by atoms with Crippen LogP contribution in [0.1, 0.15) is 21.7 Å². The lowest BCUT2D eigenvalue weighted by molar-refractivity contribution is 0.102. The van der Waals surface area contributed by atoms with Gasteiger partial charge in [0.2, 0.25) is 0 Å². The lowest BCUT2D eigenvalue weighted by Gasteiger charge is -2.08. The van der Waals surface area contributed by atoms with E-state index in [2.05, 4.69) is 11.2 Å². The molecule has 1 aromatic heterocycles. The van der Waals surface area contributed by atoms with Crippen LogP contribution in [0.3, 0.4) is 0 Å². The Morgan fingerprint density at radius 1 is 1.40 bits per heavy atom. The third-order valence-electron chi connectivity index (χ3n) is 2.88. The number of carbonyl (C=O) groups is 1. The summed E-state index contributed by atoms with van der Waals surface area (Å²) in [5, 5.41) is 8.22. The van der Waals surface area contributed by atoms with Gasteiger partial charge in [-0.25, -0.2) is 4.21 Å². The molecule has 5 nitrogen and oxygen atoms in total. The lowest BCUT2D eigenvalue weighted by atomic mass is 10.1. The van der Waals surface area contributed by atoms with Crippen LogP contribution in [0.15, 0.2) is 39.8 Å². The number of anilines is 1. The highest BCUT2D eigenvalue weighted by atomic mass is 32.2. The summed E-state index contributed by atoms with van der Waals surface area (Å²) in [6.07, 6.45) is 1.53. The molecule has 1 heterocycles. The van der Waals surface area contributed by atoms with Crippen LogP contribution in [-0.4, -0.2) is 16.0 Å². The van der Waals surface area contributed by atoms with Crippen LogP contribution in [0, 0.1) is 13.8 Å². The predicted molar refractivity (Wildman–Crippen MR) is 80.3 cm³/mol. The molecule has 20 heavy (non-hydrogen) atoms. The Balaban J connectivity index is 2.29. The molecule has 0 aliphatic heterocycles. The number of nitrogens with two attached hydrogens (primary N) is 1. The lowest BCUT2D eigenvalue weighted by Crippen LogP contribution is -2.15. The highest BCUT2D eigenvalue weighted by Crippen LogP contribution is 2.19. The number of furan rings is 1. The minimum absolute atomic E-state index is 0.279. The molecule has 106 valence electrons. The van der Waals surface area contributed by atoms with Crippen molar-refractivity contribution < 1.29 is 13.4 Å². The molecule has 0 spiro atoms. The first kappa shape index (κ1) is 14.4. The van der Waals surface area contributed by atoms with E-state index in [0.717, 1.165) is 5.56 Å². The molecule has 1 amide bonds. The van der Waals surface area contributed by atoms with Gasteiger partial charge in [-0.3, -0.25) is 9.93 Å². The second-order valence-electron chi connectivity index (χ2n) is 4.56. The zero-order chi connectivity index (χ0) is 14.9. The monoisotopic (exact) mass is 292 g/mol.